The van der Waals surface area contributed by atoms with Gasteiger partial charge in [-0.25, -0.2) is 14.4 Å². The molecule has 2 aromatic rings. The topological polar surface area (TPSA) is 75.2 Å². The molecule has 6 nitrogen and oxygen atoms in total. The number of piperidine rings is 1. The highest BCUT2D eigenvalue weighted by Crippen LogP contribution is 2.23. The summed E-state index contributed by atoms with van der Waals surface area (Å²) in [5.74, 6) is 0.382. The zero-order valence-electron chi connectivity index (χ0n) is 17.2. The first kappa shape index (κ1) is 20.9. The second kappa shape index (κ2) is 9.11. The summed E-state index contributed by atoms with van der Waals surface area (Å²) in [4.78, 5) is 35.5. The third-order valence-electron chi connectivity index (χ3n) is 5.23. The van der Waals surface area contributed by atoms with E-state index in [-0.39, 0.29) is 23.5 Å². The van der Waals surface area contributed by atoms with Crippen LogP contribution < -0.4 is 5.32 Å². The van der Waals surface area contributed by atoms with Crippen molar-refractivity contribution in [1.29, 1.82) is 0 Å². The summed E-state index contributed by atoms with van der Waals surface area (Å²) in [6.07, 6.45) is 2.99. The lowest BCUT2D eigenvalue weighted by Crippen LogP contribution is -2.40. The largest absolute Gasteiger partial charge is 0.337 e. The monoisotopic (exact) mass is 398 g/mol. The maximum absolute atomic E-state index is 13.2. The number of anilines is 1. The maximum atomic E-state index is 13.2. The van der Waals surface area contributed by atoms with E-state index in [1.54, 1.807) is 26.0 Å². The quantitative estimate of drug-likeness (QED) is 0.831. The van der Waals surface area contributed by atoms with Crippen LogP contribution in [0.15, 0.2) is 24.3 Å². The van der Waals surface area contributed by atoms with Gasteiger partial charge in [-0.3, -0.25) is 9.59 Å². The van der Waals surface area contributed by atoms with Gasteiger partial charge in [0, 0.05) is 30.9 Å². The van der Waals surface area contributed by atoms with Crippen LogP contribution in [0.5, 0.6) is 0 Å². The molecule has 1 aromatic carbocycles. The number of rotatable bonds is 5. The van der Waals surface area contributed by atoms with Crippen LogP contribution in [0.1, 0.15) is 53.3 Å². The summed E-state index contributed by atoms with van der Waals surface area (Å²) in [7, 11) is 0. The summed E-state index contributed by atoms with van der Waals surface area (Å²) in [5, 5.41) is 2.85. The Kier molecular flexibility index (Phi) is 6.56. The van der Waals surface area contributed by atoms with Crippen molar-refractivity contribution in [3.63, 3.8) is 0 Å². The van der Waals surface area contributed by atoms with Crippen molar-refractivity contribution in [2.75, 3.05) is 18.4 Å². The van der Waals surface area contributed by atoms with Crippen LogP contribution >= 0.6 is 0 Å². The van der Waals surface area contributed by atoms with Gasteiger partial charge in [0.25, 0.3) is 5.91 Å². The summed E-state index contributed by atoms with van der Waals surface area (Å²) in [6, 6.07) is 6.04. The Morgan fingerprint density at radius 2 is 2.00 bits per heavy atom. The Hall–Kier alpha value is -2.83. The number of halogens is 1. The highest BCUT2D eigenvalue weighted by atomic mass is 19.1. The number of hydrogen-bond acceptors (Lipinski definition) is 4. The fourth-order valence-electron chi connectivity index (χ4n) is 3.79. The molecule has 1 saturated heterocycles. The van der Waals surface area contributed by atoms with Gasteiger partial charge in [-0.2, -0.15) is 0 Å². The lowest BCUT2D eigenvalue weighted by atomic mass is 9.93. The van der Waals surface area contributed by atoms with Crippen LogP contribution in [0.2, 0.25) is 0 Å². The lowest BCUT2D eigenvalue weighted by molar-refractivity contribution is -0.116. The molecule has 0 saturated carbocycles. The number of hydrogen-bond donors (Lipinski definition) is 1. The molecule has 2 amide bonds. The molecule has 2 heterocycles. The normalized spacial score (nSPS) is 16.6. The first-order chi connectivity index (χ1) is 13.8. The zero-order chi connectivity index (χ0) is 21.0. The van der Waals surface area contributed by atoms with E-state index in [1.165, 1.54) is 12.1 Å². The number of carbonyl (C=O) groups is 2. The minimum absolute atomic E-state index is 0.0744. The van der Waals surface area contributed by atoms with Crippen LogP contribution in [-0.4, -0.2) is 39.8 Å². The molecule has 1 aliphatic rings. The Bertz CT molecular complexity index is 895. The van der Waals surface area contributed by atoms with Gasteiger partial charge in [0.2, 0.25) is 5.91 Å². The molecule has 7 heteroatoms. The fourth-order valence-corrected chi connectivity index (χ4v) is 3.79. The number of aromatic nitrogens is 2. The number of amides is 2. The van der Waals surface area contributed by atoms with Gasteiger partial charge >= 0.3 is 0 Å². The van der Waals surface area contributed by atoms with Crippen molar-refractivity contribution in [2.24, 2.45) is 5.92 Å². The predicted octanol–water partition coefficient (Wildman–Crippen LogP) is 3.81. The lowest BCUT2D eigenvalue weighted by Gasteiger charge is -2.32. The molecule has 0 bridgehead atoms. The third kappa shape index (κ3) is 5.59. The van der Waals surface area contributed by atoms with Crippen molar-refractivity contribution >= 4 is 17.5 Å². The van der Waals surface area contributed by atoms with Gasteiger partial charge in [0.1, 0.15) is 17.3 Å². The molecule has 29 heavy (non-hydrogen) atoms. The van der Waals surface area contributed by atoms with E-state index >= 15 is 0 Å². The Morgan fingerprint density at radius 3 is 2.72 bits per heavy atom. The Balaban J connectivity index is 1.54. The summed E-state index contributed by atoms with van der Waals surface area (Å²) in [5.41, 5.74) is 2.54. The minimum Gasteiger partial charge on any atom is -0.337 e. The van der Waals surface area contributed by atoms with E-state index in [1.807, 2.05) is 11.8 Å². The number of likely N-dealkylation sites (tertiary alicyclic amines) is 1. The summed E-state index contributed by atoms with van der Waals surface area (Å²) in [6.45, 7) is 6.73. The molecule has 1 aromatic heterocycles. The van der Waals surface area contributed by atoms with E-state index in [4.69, 9.17) is 0 Å². The van der Waals surface area contributed by atoms with Gasteiger partial charge in [-0.15, -0.1) is 0 Å². The molecule has 1 N–H and O–H groups in total. The Morgan fingerprint density at radius 1 is 1.21 bits per heavy atom. The van der Waals surface area contributed by atoms with Crippen LogP contribution in [0.4, 0.5) is 10.1 Å². The standard InChI is InChI=1S/C22H27FN4O2/c1-14-11-18(23)7-8-19(14)26-21(28)9-6-17-5-4-10-27(13-17)22(29)20-12-15(2)24-16(3)25-20/h7-8,11-12,17H,4-6,9-10,13H2,1-3H3,(H,26,28)/t17-/m1/s1. The van der Waals surface area contributed by atoms with Gasteiger partial charge < -0.3 is 10.2 Å². The maximum Gasteiger partial charge on any atom is 0.272 e. The van der Waals surface area contributed by atoms with Crippen LogP contribution in [0, 0.1) is 32.5 Å². The second-order valence-electron chi connectivity index (χ2n) is 7.75. The molecule has 1 aliphatic heterocycles. The molecule has 0 unspecified atom stereocenters. The number of carbonyl (C=O) groups excluding carboxylic acids is 2. The Labute approximate surface area is 170 Å². The molecule has 154 valence electrons. The van der Waals surface area contributed by atoms with E-state index in [9.17, 15) is 14.0 Å². The van der Waals surface area contributed by atoms with Crippen LogP contribution in [-0.2, 0) is 4.79 Å². The molecule has 1 fully saturated rings. The van der Waals surface area contributed by atoms with Crippen molar-refractivity contribution in [1.82, 2.24) is 14.9 Å². The highest BCUT2D eigenvalue weighted by molar-refractivity contribution is 5.92. The molecule has 0 spiro atoms. The highest BCUT2D eigenvalue weighted by Gasteiger charge is 2.26. The number of nitrogens with zero attached hydrogens (tertiary/aromatic N) is 3. The number of benzene rings is 1. The summed E-state index contributed by atoms with van der Waals surface area (Å²) < 4.78 is 13.2. The number of aryl methyl sites for hydroxylation is 3. The van der Waals surface area contributed by atoms with E-state index in [0.717, 1.165) is 18.5 Å². The van der Waals surface area contributed by atoms with Gasteiger partial charge in [-0.1, -0.05) is 0 Å². The average molecular weight is 398 g/mol. The molecule has 0 radical (unpaired) electrons. The smallest absolute Gasteiger partial charge is 0.272 e. The predicted molar refractivity (Wildman–Crippen MR) is 109 cm³/mol. The first-order valence-corrected chi connectivity index (χ1v) is 9.99. The van der Waals surface area contributed by atoms with Crippen LogP contribution in [0.25, 0.3) is 0 Å². The van der Waals surface area contributed by atoms with Gasteiger partial charge in [-0.05, 0) is 75.8 Å². The van der Waals surface area contributed by atoms with Crippen molar-refractivity contribution in [3.05, 3.63) is 52.9 Å². The van der Waals surface area contributed by atoms with Gasteiger partial charge in [0.15, 0.2) is 0 Å². The molecular weight excluding hydrogens is 371 g/mol. The van der Waals surface area contributed by atoms with Gasteiger partial charge in [0.05, 0.1) is 0 Å². The average Bonchev–Trinajstić information content (AvgIpc) is 2.67. The molecule has 0 aliphatic carbocycles. The van der Waals surface area contributed by atoms with Crippen molar-refractivity contribution in [3.8, 4) is 0 Å². The first-order valence-electron chi connectivity index (χ1n) is 9.99. The molecule has 1 atom stereocenters. The second-order valence-corrected chi connectivity index (χ2v) is 7.75. The van der Waals surface area contributed by atoms with Crippen molar-refractivity contribution < 1.29 is 14.0 Å². The SMILES string of the molecule is Cc1cc(C(=O)N2CCC[C@H](CCC(=O)Nc3ccc(F)cc3C)C2)nc(C)n1. The van der Waals surface area contributed by atoms with E-state index in [0.29, 0.717) is 48.7 Å². The van der Waals surface area contributed by atoms with E-state index in [2.05, 4.69) is 15.3 Å². The van der Waals surface area contributed by atoms with E-state index < -0.39 is 0 Å². The number of nitrogens with one attached hydrogen (secondary N) is 1. The van der Waals surface area contributed by atoms with Crippen LogP contribution in [0.3, 0.4) is 0 Å². The molecule has 3 rings (SSSR count). The minimum atomic E-state index is -0.318. The zero-order valence-corrected chi connectivity index (χ0v) is 17.2. The molecular formula is C22H27FN4O2. The van der Waals surface area contributed by atoms with Crippen molar-refractivity contribution in [2.45, 2.75) is 46.5 Å². The third-order valence-corrected chi connectivity index (χ3v) is 5.23. The summed E-state index contributed by atoms with van der Waals surface area (Å²) >= 11 is 0. The fraction of sp³-hybridized carbons (Fsp3) is 0.455.